The minimum atomic E-state index is -4.58. The molecule has 8 nitrogen and oxygen atoms in total. The van der Waals surface area contributed by atoms with Crippen molar-refractivity contribution in [3.63, 3.8) is 0 Å². The maximum absolute atomic E-state index is 13.2. The minimum absolute atomic E-state index is 0.0807. The van der Waals surface area contributed by atoms with Crippen molar-refractivity contribution in [1.29, 1.82) is 0 Å². The Morgan fingerprint density at radius 2 is 1.81 bits per heavy atom. The summed E-state index contributed by atoms with van der Waals surface area (Å²) in [5, 5.41) is 3.50. The van der Waals surface area contributed by atoms with Gasteiger partial charge in [-0.25, -0.2) is 9.97 Å². The summed E-state index contributed by atoms with van der Waals surface area (Å²) in [5.74, 6) is 1.14. The summed E-state index contributed by atoms with van der Waals surface area (Å²) >= 11 is 0. The highest BCUT2D eigenvalue weighted by Crippen LogP contribution is 2.36. The molecule has 0 spiro atoms. The van der Waals surface area contributed by atoms with Gasteiger partial charge in [-0.15, -0.1) is 0 Å². The van der Waals surface area contributed by atoms with Crippen LogP contribution in [0.3, 0.4) is 0 Å². The SMILES string of the molecule is CC(C)c1ncc2c(=O)n(C)c(Oc3ccc(-c4cn(C)nc4C(F)(F)F)cn3)cn12. The number of pyridine rings is 1. The average Bonchev–Trinajstić information content (AvgIpc) is 3.30. The van der Waals surface area contributed by atoms with Gasteiger partial charge in [0.05, 0.1) is 12.4 Å². The van der Waals surface area contributed by atoms with Crippen LogP contribution in [-0.4, -0.2) is 28.7 Å². The van der Waals surface area contributed by atoms with E-state index in [-0.39, 0.29) is 34.4 Å². The van der Waals surface area contributed by atoms with Gasteiger partial charge in [-0.3, -0.25) is 18.4 Å². The predicted octanol–water partition coefficient (Wildman–Crippen LogP) is 3.76. The lowest BCUT2D eigenvalue weighted by Crippen LogP contribution is -2.20. The van der Waals surface area contributed by atoms with Gasteiger partial charge in [0.15, 0.2) is 5.69 Å². The predicted molar refractivity (Wildman–Crippen MR) is 106 cm³/mol. The van der Waals surface area contributed by atoms with Gasteiger partial charge in [0.25, 0.3) is 5.56 Å². The molecule has 0 atom stereocenters. The Kier molecular flexibility index (Phi) is 4.83. The molecule has 0 aromatic carbocycles. The van der Waals surface area contributed by atoms with Crippen LogP contribution in [0.4, 0.5) is 13.2 Å². The fraction of sp³-hybridized carbons (Fsp3) is 0.300. The second kappa shape index (κ2) is 7.25. The number of ether oxygens (including phenoxy) is 1. The van der Waals surface area contributed by atoms with E-state index in [4.69, 9.17) is 4.74 Å². The Bertz CT molecular complexity index is 1320. The fourth-order valence-corrected chi connectivity index (χ4v) is 3.28. The summed E-state index contributed by atoms with van der Waals surface area (Å²) in [7, 11) is 2.97. The Morgan fingerprint density at radius 3 is 2.42 bits per heavy atom. The van der Waals surface area contributed by atoms with Crippen LogP contribution in [-0.2, 0) is 20.3 Å². The van der Waals surface area contributed by atoms with E-state index in [1.165, 1.54) is 42.3 Å². The van der Waals surface area contributed by atoms with E-state index in [2.05, 4.69) is 15.1 Å². The van der Waals surface area contributed by atoms with Crippen molar-refractivity contribution in [2.45, 2.75) is 25.9 Å². The second-order valence-electron chi connectivity index (χ2n) is 7.41. The van der Waals surface area contributed by atoms with Crippen molar-refractivity contribution < 1.29 is 17.9 Å². The monoisotopic (exact) mass is 432 g/mol. The zero-order valence-electron chi connectivity index (χ0n) is 17.2. The Hall–Kier alpha value is -3.63. The summed E-state index contributed by atoms with van der Waals surface area (Å²) in [5.41, 5.74) is -0.701. The molecule has 0 aliphatic carbocycles. The third-order valence-electron chi connectivity index (χ3n) is 4.79. The molecule has 0 unspecified atom stereocenters. The number of hydrogen-bond acceptors (Lipinski definition) is 5. The Labute approximate surface area is 174 Å². The molecule has 0 fully saturated rings. The van der Waals surface area contributed by atoms with Gasteiger partial charge in [0, 0.05) is 49.6 Å². The van der Waals surface area contributed by atoms with Crippen LogP contribution in [0.2, 0.25) is 0 Å². The van der Waals surface area contributed by atoms with Crippen molar-refractivity contribution in [3.05, 3.63) is 58.8 Å². The van der Waals surface area contributed by atoms with Crippen molar-refractivity contribution in [2.75, 3.05) is 0 Å². The number of aryl methyl sites for hydroxylation is 1. The van der Waals surface area contributed by atoms with Gasteiger partial charge in [0.1, 0.15) is 11.3 Å². The molecule has 4 rings (SSSR count). The molecular formula is C20H19F3N6O2. The lowest BCUT2D eigenvalue weighted by atomic mass is 10.1. The number of aromatic nitrogens is 6. The third kappa shape index (κ3) is 3.66. The summed E-state index contributed by atoms with van der Waals surface area (Å²) in [6, 6.07) is 2.90. The van der Waals surface area contributed by atoms with Crippen LogP contribution in [0.25, 0.3) is 16.6 Å². The number of nitrogens with zero attached hydrogens (tertiary/aromatic N) is 6. The molecule has 0 saturated carbocycles. The highest BCUT2D eigenvalue weighted by atomic mass is 19.4. The van der Waals surface area contributed by atoms with Crippen molar-refractivity contribution in [3.8, 4) is 22.9 Å². The van der Waals surface area contributed by atoms with Crippen LogP contribution in [0, 0.1) is 0 Å². The second-order valence-corrected chi connectivity index (χ2v) is 7.41. The van der Waals surface area contributed by atoms with Gasteiger partial charge in [-0.1, -0.05) is 13.8 Å². The smallest absolute Gasteiger partial charge is 0.421 e. The molecular weight excluding hydrogens is 413 g/mol. The van der Waals surface area contributed by atoms with E-state index in [1.54, 1.807) is 17.6 Å². The van der Waals surface area contributed by atoms with Crippen molar-refractivity contribution >= 4 is 5.52 Å². The zero-order valence-corrected chi connectivity index (χ0v) is 17.2. The molecule has 0 saturated heterocycles. The first-order valence-corrected chi connectivity index (χ1v) is 9.38. The molecule has 0 bridgehead atoms. The molecule has 4 aromatic heterocycles. The van der Waals surface area contributed by atoms with Crippen LogP contribution in [0.15, 0.2) is 41.7 Å². The van der Waals surface area contributed by atoms with E-state index < -0.39 is 11.9 Å². The maximum atomic E-state index is 13.2. The quantitative estimate of drug-likeness (QED) is 0.491. The largest absolute Gasteiger partial charge is 0.435 e. The zero-order chi connectivity index (χ0) is 22.5. The van der Waals surface area contributed by atoms with Gasteiger partial charge >= 0.3 is 6.18 Å². The fourth-order valence-electron chi connectivity index (χ4n) is 3.28. The number of fused-ring (bicyclic) bond motifs is 1. The highest BCUT2D eigenvalue weighted by Gasteiger charge is 2.37. The highest BCUT2D eigenvalue weighted by molar-refractivity contribution is 5.65. The summed E-state index contributed by atoms with van der Waals surface area (Å²) in [6.45, 7) is 3.92. The summed E-state index contributed by atoms with van der Waals surface area (Å²) in [6.07, 6.45) is 1.12. The number of imidazole rings is 1. The molecule has 0 aliphatic rings. The van der Waals surface area contributed by atoms with Crippen molar-refractivity contribution in [2.24, 2.45) is 14.1 Å². The summed E-state index contributed by atoms with van der Waals surface area (Å²) in [4.78, 5) is 21.0. The number of halogens is 3. The van der Waals surface area contributed by atoms with E-state index in [1.807, 2.05) is 13.8 Å². The minimum Gasteiger partial charge on any atom is -0.421 e. The van der Waals surface area contributed by atoms with Crippen LogP contribution >= 0.6 is 0 Å². The lowest BCUT2D eigenvalue weighted by Gasteiger charge is -2.12. The molecule has 31 heavy (non-hydrogen) atoms. The third-order valence-corrected chi connectivity index (χ3v) is 4.79. The van der Waals surface area contributed by atoms with Crippen molar-refractivity contribution in [1.82, 2.24) is 28.7 Å². The van der Waals surface area contributed by atoms with Crippen LogP contribution < -0.4 is 10.3 Å². The molecule has 0 amide bonds. The summed E-state index contributed by atoms with van der Waals surface area (Å²) < 4.78 is 49.5. The lowest BCUT2D eigenvalue weighted by molar-refractivity contribution is -0.140. The molecule has 162 valence electrons. The van der Waals surface area contributed by atoms with Crippen LogP contribution in [0.1, 0.15) is 31.3 Å². The molecule has 4 heterocycles. The van der Waals surface area contributed by atoms with E-state index in [9.17, 15) is 18.0 Å². The number of hydrogen-bond donors (Lipinski definition) is 0. The van der Waals surface area contributed by atoms with Gasteiger partial charge < -0.3 is 4.74 Å². The standard InChI is InChI=1S/C20H19F3N6O2/c1-11(2)18-25-8-14-19(30)28(4)16(10-29(14)18)31-15-6-5-12(7-24-15)13-9-27(3)26-17(13)20(21,22)23/h5-11H,1-4H3. The maximum Gasteiger partial charge on any atom is 0.435 e. The average molecular weight is 432 g/mol. The Balaban J connectivity index is 1.69. The van der Waals surface area contributed by atoms with E-state index in [0.29, 0.717) is 11.3 Å². The first-order valence-electron chi connectivity index (χ1n) is 9.38. The Morgan fingerprint density at radius 1 is 1.06 bits per heavy atom. The van der Waals surface area contributed by atoms with E-state index >= 15 is 0 Å². The van der Waals surface area contributed by atoms with Gasteiger partial charge in [-0.2, -0.15) is 18.3 Å². The number of rotatable bonds is 4. The molecule has 11 heteroatoms. The normalized spacial score (nSPS) is 12.1. The first kappa shape index (κ1) is 20.6. The van der Waals surface area contributed by atoms with E-state index in [0.717, 1.165) is 4.68 Å². The van der Waals surface area contributed by atoms with Crippen LogP contribution in [0.5, 0.6) is 11.8 Å². The topological polar surface area (TPSA) is 79.2 Å². The van der Waals surface area contributed by atoms with Gasteiger partial charge in [-0.05, 0) is 6.07 Å². The van der Waals surface area contributed by atoms with Gasteiger partial charge in [0.2, 0.25) is 11.8 Å². The molecule has 0 radical (unpaired) electrons. The molecule has 0 N–H and O–H groups in total. The molecule has 4 aromatic rings. The first-order chi connectivity index (χ1) is 14.6. The molecule has 0 aliphatic heterocycles. The number of alkyl halides is 3.